The Morgan fingerprint density at radius 3 is 2.81 bits per heavy atom. The number of ether oxygens (including phenoxy) is 3. The first-order valence-corrected chi connectivity index (χ1v) is 7.35. The van der Waals surface area contributed by atoms with Crippen molar-refractivity contribution in [3.8, 4) is 17.2 Å². The summed E-state index contributed by atoms with van der Waals surface area (Å²) in [6.07, 6.45) is 3.53. The first kappa shape index (κ1) is 14.2. The van der Waals surface area contributed by atoms with E-state index in [4.69, 9.17) is 14.2 Å². The molecule has 0 fully saturated rings. The van der Waals surface area contributed by atoms with E-state index in [0.29, 0.717) is 13.2 Å². The first-order valence-electron chi connectivity index (χ1n) is 6.55. The Labute approximate surface area is 131 Å². The summed E-state index contributed by atoms with van der Waals surface area (Å²) in [7, 11) is 1.90. The first-order chi connectivity index (χ1) is 10.3. The molecule has 1 N–H and O–H groups in total. The Balaban J connectivity index is 1.80. The van der Waals surface area contributed by atoms with Crippen LogP contribution in [0.25, 0.3) is 0 Å². The molecule has 1 aromatic carbocycles. The van der Waals surface area contributed by atoms with Crippen molar-refractivity contribution in [2.75, 3.05) is 13.8 Å². The molecule has 1 aliphatic heterocycles. The Morgan fingerprint density at radius 2 is 2.05 bits per heavy atom. The molecule has 5 nitrogen and oxygen atoms in total. The maximum atomic E-state index is 5.92. The third kappa shape index (κ3) is 3.28. The van der Waals surface area contributed by atoms with Gasteiger partial charge in [0.15, 0.2) is 11.5 Å². The van der Waals surface area contributed by atoms with E-state index < -0.39 is 0 Å². The Morgan fingerprint density at radius 1 is 1.24 bits per heavy atom. The average molecular weight is 351 g/mol. The van der Waals surface area contributed by atoms with Gasteiger partial charge in [-0.05, 0) is 35.1 Å². The fraction of sp³-hybridized carbons (Fsp3) is 0.267. The van der Waals surface area contributed by atoms with E-state index in [0.717, 1.165) is 32.8 Å². The molecule has 21 heavy (non-hydrogen) atoms. The highest BCUT2D eigenvalue weighted by molar-refractivity contribution is 9.10. The number of hydrogen-bond donors (Lipinski definition) is 1. The Hall–Kier alpha value is -1.79. The van der Waals surface area contributed by atoms with E-state index in [-0.39, 0.29) is 6.79 Å². The number of halogens is 1. The van der Waals surface area contributed by atoms with Crippen LogP contribution in [0.2, 0.25) is 0 Å². The topological polar surface area (TPSA) is 52.6 Å². The summed E-state index contributed by atoms with van der Waals surface area (Å²) in [6.45, 7) is 1.40. The van der Waals surface area contributed by atoms with E-state index in [1.54, 1.807) is 12.4 Å². The van der Waals surface area contributed by atoms with Crippen LogP contribution < -0.4 is 19.5 Å². The van der Waals surface area contributed by atoms with Crippen molar-refractivity contribution < 1.29 is 14.2 Å². The van der Waals surface area contributed by atoms with Crippen molar-refractivity contribution in [1.29, 1.82) is 0 Å². The maximum absolute atomic E-state index is 5.92. The second-order valence-corrected chi connectivity index (χ2v) is 5.56. The highest BCUT2D eigenvalue weighted by Crippen LogP contribution is 2.38. The molecule has 0 spiro atoms. The fourth-order valence-electron chi connectivity index (χ4n) is 2.12. The maximum Gasteiger partial charge on any atom is 0.231 e. The van der Waals surface area contributed by atoms with Crippen LogP contribution in [0.1, 0.15) is 11.1 Å². The molecule has 0 atom stereocenters. The van der Waals surface area contributed by atoms with E-state index in [1.165, 1.54) is 0 Å². The number of pyridine rings is 1. The van der Waals surface area contributed by atoms with Crippen molar-refractivity contribution in [1.82, 2.24) is 10.3 Å². The van der Waals surface area contributed by atoms with Crippen LogP contribution in [0.15, 0.2) is 35.1 Å². The normalized spacial score (nSPS) is 12.5. The molecule has 0 bridgehead atoms. The number of fused-ring (bicyclic) bond motifs is 1. The lowest BCUT2D eigenvalue weighted by Crippen LogP contribution is -2.07. The summed E-state index contributed by atoms with van der Waals surface area (Å²) in [4.78, 5) is 4.13. The average Bonchev–Trinajstić information content (AvgIpc) is 2.92. The molecule has 2 heterocycles. The number of hydrogen-bond acceptors (Lipinski definition) is 5. The third-order valence-corrected chi connectivity index (χ3v) is 3.51. The molecular weight excluding hydrogens is 336 g/mol. The van der Waals surface area contributed by atoms with Crippen LogP contribution >= 0.6 is 15.9 Å². The van der Waals surface area contributed by atoms with E-state index in [2.05, 4.69) is 26.2 Å². The quantitative estimate of drug-likeness (QED) is 0.898. The molecule has 0 radical (unpaired) electrons. The van der Waals surface area contributed by atoms with Gasteiger partial charge in [0.2, 0.25) is 6.79 Å². The summed E-state index contributed by atoms with van der Waals surface area (Å²) in [5.74, 6) is 2.27. The minimum Gasteiger partial charge on any atom is -0.488 e. The van der Waals surface area contributed by atoms with Gasteiger partial charge in [-0.1, -0.05) is 0 Å². The standard InChI is InChI=1S/C15H15BrN2O3/c1-17-6-11-3-14-15(21-9-20-14)4-13(11)19-8-10-2-12(16)7-18-5-10/h2-5,7,17H,6,8-9H2,1H3. The molecule has 6 heteroatoms. The van der Waals surface area contributed by atoms with Crippen LogP contribution in [0.5, 0.6) is 17.2 Å². The summed E-state index contributed by atoms with van der Waals surface area (Å²) in [6, 6.07) is 5.81. The lowest BCUT2D eigenvalue weighted by atomic mass is 10.1. The van der Waals surface area contributed by atoms with Gasteiger partial charge in [0, 0.05) is 40.6 Å². The zero-order chi connectivity index (χ0) is 14.7. The van der Waals surface area contributed by atoms with Gasteiger partial charge in [0.05, 0.1) is 0 Å². The second kappa shape index (κ2) is 6.32. The van der Waals surface area contributed by atoms with Gasteiger partial charge in [-0.15, -0.1) is 0 Å². The Kier molecular flexibility index (Phi) is 4.26. The predicted octanol–water partition coefficient (Wildman–Crippen LogP) is 2.87. The summed E-state index contributed by atoms with van der Waals surface area (Å²) in [5.41, 5.74) is 2.03. The number of nitrogens with one attached hydrogen (secondary N) is 1. The van der Waals surface area contributed by atoms with Crippen LogP contribution in [-0.4, -0.2) is 18.8 Å². The van der Waals surface area contributed by atoms with Gasteiger partial charge in [-0.3, -0.25) is 4.98 Å². The van der Waals surface area contributed by atoms with Gasteiger partial charge in [-0.2, -0.15) is 0 Å². The van der Waals surface area contributed by atoms with Gasteiger partial charge in [-0.25, -0.2) is 0 Å². The van der Waals surface area contributed by atoms with Crippen LogP contribution in [-0.2, 0) is 13.2 Å². The SMILES string of the molecule is CNCc1cc2c(cc1OCc1cncc(Br)c1)OCO2. The zero-order valence-electron chi connectivity index (χ0n) is 11.6. The lowest BCUT2D eigenvalue weighted by Gasteiger charge is -2.12. The molecule has 0 amide bonds. The number of aromatic nitrogens is 1. The van der Waals surface area contributed by atoms with Crippen molar-refractivity contribution in [2.45, 2.75) is 13.2 Å². The number of nitrogens with zero attached hydrogens (tertiary/aromatic N) is 1. The van der Waals surface area contributed by atoms with Gasteiger partial charge >= 0.3 is 0 Å². The van der Waals surface area contributed by atoms with Gasteiger partial charge in [0.25, 0.3) is 0 Å². The lowest BCUT2D eigenvalue weighted by molar-refractivity contribution is 0.173. The predicted molar refractivity (Wildman–Crippen MR) is 81.6 cm³/mol. The van der Waals surface area contributed by atoms with Crippen LogP contribution in [0.4, 0.5) is 0 Å². The number of rotatable bonds is 5. The Bertz CT molecular complexity index is 649. The van der Waals surface area contributed by atoms with Crippen molar-refractivity contribution >= 4 is 15.9 Å². The molecule has 0 unspecified atom stereocenters. The van der Waals surface area contributed by atoms with E-state index in [1.807, 2.05) is 25.2 Å². The minimum absolute atomic E-state index is 0.257. The molecule has 3 rings (SSSR count). The molecular formula is C15H15BrN2O3. The largest absolute Gasteiger partial charge is 0.488 e. The van der Waals surface area contributed by atoms with Crippen molar-refractivity contribution in [3.63, 3.8) is 0 Å². The molecule has 110 valence electrons. The van der Waals surface area contributed by atoms with E-state index in [9.17, 15) is 0 Å². The molecule has 0 saturated carbocycles. The van der Waals surface area contributed by atoms with Crippen molar-refractivity contribution in [3.05, 3.63) is 46.2 Å². The second-order valence-electron chi connectivity index (χ2n) is 4.64. The number of benzene rings is 1. The zero-order valence-corrected chi connectivity index (χ0v) is 13.1. The molecule has 0 saturated heterocycles. The van der Waals surface area contributed by atoms with Crippen LogP contribution in [0, 0.1) is 0 Å². The minimum atomic E-state index is 0.257. The van der Waals surface area contributed by atoms with E-state index >= 15 is 0 Å². The molecule has 0 aliphatic carbocycles. The van der Waals surface area contributed by atoms with Crippen LogP contribution in [0.3, 0.4) is 0 Å². The molecule has 1 aliphatic rings. The smallest absolute Gasteiger partial charge is 0.231 e. The molecule has 2 aromatic rings. The van der Waals surface area contributed by atoms with Gasteiger partial charge in [0.1, 0.15) is 12.4 Å². The monoisotopic (exact) mass is 350 g/mol. The fourth-order valence-corrected chi connectivity index (χ4v) is 2.54. The summed E-state index contributed by atoms with van der Waals surface area (Å²) in [5, 5.41) is 3.13. The highest BCUT2D eigenvalue weighted by atomic mass is 79.9. The summed E-state index contributed by atoms with van der Waals surface area (Å²) >= 11 is 3.40. The van der Waals surface area contributed by atoms with Crippen molar-refractivity contribution in [2.24, 2.45) is 0 Å². The summed E-state index contributed by atoms with van der Waals surface area (Å²) < 4.78 is 17.7. The third-order valence-electron chi connectivity index (χ3n) is 3.08. The highest BCUT2D eigenvalue weighted by Gasteiger charge is 2.17. The molecule has 1 aromatic heterocycles. The van der Waals surface area contributed by atoms with Gasteiger partial charge < -0.3 is 19.5 Å².